The Balaban J connectivity index is 2.10. The van der Waals surface area contributed by atoms with Gasteiger partial charge in [-0.3, -0.25) is 14.6 Å². The van der Waals surface area contributed by atoms with Crippen molar-refractivity contribution in [2.24, 2.45) is 0 Å². The van der Waals surface area contributed by atoms with Gasteiger partial charge in [0.25, 0.3) is 0 Å². The van der Waals surface area contributed by atoms with E-state index in [9.17, 15) is 9.59 Å². The quantitative estimate of drug-likeness (QED) is 0.833. The van der Waals surface area contributed by atoms with Crippen molar-refractivity contribution in [3.63, 3.8) is 0 Å². The molecule has 5 nitrogen and oxygen atoms in total. The zero-order valence-electron chi connectivity index (χ0n) is 13.5. The predicted molar refractivity (Wildman–Crippen MR) is 87.5 cm³/mol. The summed E-state index contributed by atoms with van der Waals surface area (Å²) in [5.74, 6) is 0.397. The van der Waals surface area contributed by atoms with Crippen LogP contribution in [-0.4, -0.2) is 23.8 Å². The van der Waals surface area contributed by atoms with Crippen molar-refractivity contribution < 1.29 is 14.3 Å². The highest BCUT2D eigenvalue weighted by molar-refractivity contribution is 5.94. The largest absolute Gasteiger partial charge is 0.496 e. The Labute approximate surface area is 135 Å². The van der Waals surface area contributed by atoms with Gasteiger partial charge in [0, 0.05) is 17.3 Å². The molecule has 0 spiro atoms. The number of aromatic nitrogens is 1. The first-order valence-corrected chi connectivity index (χ1v) is 7.39. The van der Waals surface area contributed by atoms with Crippen molar-refractivity contribution in [1.82, 2.24) is 10.3 Å². The van der Waals surface area contributed by atoms with Crippen LogP contribution in [-0.2, 0) is 11.2 Å². The van der Waals surface area contributed by atoms with Gasteiger partial charge in [-0.05, 0) is 44.2 Å². The normalized spacial score (nSPS) is 11.6. The van der Waals surface area contributed by atoms with Crippen LogP contribution < -0.4 is 10.1 Å². The Morgan fingerprint density at radius 2 is 2.04 bits per heavy atom. The van der Waals surface area contributed by atoms with Crippen LogP contribution in [0.1, 0.15) is 41.5 Å². The zero-order chi connectivity index (χ0) is 16.8. The fourth-order valence-electron chi connectivity index (χ4n) is 2.31. The molecule has 23 heavy (non-hydrogen) atoms. The number of amides is 1. The van der Waals surface area contributed by atoms with Gasteiger partial charge in [0.2, 0.25) is 5.91 Å². The van der Waals surface area contributed by atoms with E-state index in [1.54, 1.807) is 31.5 Å². The van der Waals surface area contributed by atoms with Crippen LogP contribution in [0.2, 0.25) is 0 Å². The van der Waals surface area contributed by atoms with Crippen LogP contribution in [0.4, 0.5) is 0 Å². The number of ketones is 1. The standard InChI is InChI=1S/C18H20N2O3/c1-12(16-6-4-5-9-19-16)20-18(22)11-15-10-14(13(2)21)7-8-17(15)23-3/h4-10,12H,11H2,1-3H3,(H,20,22). The number of benzene rings is 1. The van der Waals surface area contributed by atoms with Crippen molar-refractivity contribution in [2.75, 3.05) is 7.11 Å². The van der Waals surface area contributed by atoms with E-state index < -0.39 is 0 Å². The topological polar surface area (TPSA) is 68.3 Å². The third kappa shape index (κ3) is 4.39. The minimum absolute atomic E-state index is 0.0452. The van der Waals surface area contributed by atoms with E-state index in [1.807, 2.05) is 25.1 Å². The molecule has 120 valence electrons. The van der Waals surface area contributed by atoms with Crippen LogP contribution in [0.25, 0.3) is 0 Å². The molecule has 0 fully saturated rings. The summed E-state index contributed by atoms with van der Waals surface area (Å²) in [6.07, 6.45) is 1.83. The highest BCUT2D eigenvalue weighted by atomic mass is 16.5. The number of nitrogens with zero attached hydrogens (tertiary/aromatic N) is 1. The Bertz CT molecular complexity index is 699. The molecular formula is C18H20N2O3. The molecule has 2 rings (SSSR count). The average Bonchev–Trinajstić information content (AvgIpc) is 2.55. The number of carbonyl (C=O) groups is 2. The molecule has 1 aromatic heterocycles. The van der Waals surface area contributed by atoms with E-state index >= 15 is 0 Å². The predicted octanol–water partition coefficient (Wildman–Crippen LogP) is 2.71. The molecular weight excluding hydrogens is 292 g/mol. The molecule has 1 unspecified atom stereocenters. The first-order chi connectivity index (χ1) is 11.0. The number of hydrogen-bond donors (Lipinski definition) is 1. The van der Waals surface area contributed by atoms with E-state index in [0.717, 1.165) is 5.69 Å². The molecule has 0 saturated carbocycles. The number of rotatable bonds is 6. The first kappa shape index (κ1) is 16.7. The monoisotopic (exact) mass is 312 g/mol. The maximum absolute atomic E-state index is 12.3. The van der Waals surface area contributed by atoms with Crippen LogP contribution in [0.3, 0.4) is 0 Å². The summed E-state index contributed by atoms with van der Waals surface area (Å²) in [7, 11) is 1.54. The maximum Gasteiger partial charge on any atom is 0.225 e. The van der Waals surface area contributed by atoms with Gasteiger partial charge in [-0.2, -0.15) is 0 Å². The summed E-state index contributed by atoms with van der Waals surface area (Å²) in [6, 6.07) is 10.5. The second-order valence-electron chi connectivity index (χ2n) is 5.30. The second-order valence-corrected chi connectivity index (χ2v) is 5.30. The van der Waals surface area contributed by atoms with E-state index in [4.69, 9.17) is 4.74 Å². The van der Waals surface area contributed by atoms with Crippen molar-refractivity contribution in [3.8, 4) is 5.75 Å². The third-order valence-corrected chi connectivity index (χ3v) is 3.55. The Hall–Kier alpha value is -2.69. The molecule has 0 saturated heterocycles. The fourth-order valence-corrected chi connectivity index (χ4v) is 2.31. The molecule has 2 aromatic rings. The summed E-state index contributed by atoms with van der Waals surface area (Å²) < 4.78 is 5.27. The number of Topliss-reactive ketones (excluding diaryl/α,β-unsaturated/α-hetero) is 1. The summed E-state index contributed by atoms with van der Waals surface area (Å²) in [5, 5.41) is 2.90. The number of nitrogens with one attached hydrogen (secondary N) is 1. The van der Waals surface area contributed by atoms with Crippen LogP contribution >= 0.6 is 0 Å². The molecule has 1 N–H and O–H groups in total. The van der Waals surface area contributed by atoms with Gasteiger partial charge in [0.05, 0.1) is 25.3 Å². The summed E-state index contributed by atoms with van der Waals surface area (Å²) in [5.41, 5.74) is 2.04. The van der Waals surface area contributed by atoms with Gasteiger partial charge < -0.3 is 10.1 Å². The Kier molecular flexibility index (Phi) is 5.46. The lowest BCUT2D eigenvalue weighted by Gasteiger charge is -2.14. The molecule has 1 aromatic carbocycles. The molecule has 5 heteroatoms. The van der Waals surface area contributed by atoms with Crippen molar-refractivity contribution >= 4 is 11.7 Å². The number of hydrogen-bond acceptors (Lipinski definition) is 4. The molecule has 1 atom stereocenters. The number of ether oxygens (including phenoxy) is 1. The van der Waals surface area contributed by atoms with Crippen molar-refractivity contribution in [3.05, 3.63) is 59.4 Å². The number of pyridine rings is 1. The van der Waals surface area contributed by atoms with E-state index in [-0.39, 0.29) is 24.2 Å². The highest BCUT2D eigenvalue weighted by Gasteiger charge is 2.14. The molecule has 0 aliphatic heterocycles. The van der Waals surface area contributed by atoms with Gasteiger partial charge in [0.1, 0.15) is 5.75 Å². The van der Waals surface area contributed by atoms with Gasteiger partial charge >= 0.3 is 0 Å². The lowest BCUT2D eigenvalue weighted by molar-refractivity contribution is -0.121. The SMILES string of the molecule is COc1ccc(C(C)=O)cc1CC(=O)NC(C)c1ccccn1. The minimum Gasteiger partial charge on any atom is -0.496 e. The van der Waals surface area contributed by atoms with Crippen LogP contribution in [0, 0.1) is 0 Å². The number of carbonyl (C=O) groups excluding carboxylic acids is 2. The van der Waals surface area contributed by atoms with E-state index in [2.05, 4.69) is 10.3 Å². The van der Waals surface area contributed by atoms with Gasteiger partial charge in [-0.15, -0.1) is 0 Å². The highest BCUT2D eigenvalue weighted by Crippen LogP contribution is 2.21. The first-order valence-electron chi connectivity index (χ1n) is 7.39. The van der Waals surface area contributed by atoms with Gasteiger partial charge in [0.15, 0.2) is 5.78 Å². The zero-order valence-corrected chi connectivity index (χ0v) is 13.5. The van der Waals surface area contributed by atoms with Crippen molar-refractivity contribution in [1.29, 1.82) is 0 Å². The van der Waals surface area contributed by atoms with Gasteiger partial charge in [-0.25, -0.2) is 0 Å². The van der Waals surface area contributed by atoms with E-state index in [0.29, 0.717) is 16.9 Å². The van der Waals surface area contributed by atoms with Crippen LogP contribution in [0.15, 0.2) is 42.6 Å². The maximum atomic E-state index is 12.3. The van der Waals surface area contributed by atoms with Crippen molar-refractivity contribution in [2.45, 2.75) is 26.3 Å². The summed E-state index contributed by atoms with van der Waals surface area (Å²) in [6.45, 7) is 3.37. The third-order valence-electron chi connectivity index (χ3n) is 3.55. The van der Waals surface area contributed by atoms with E-state index in [1.165, 1.54) is 6.92 Å². The molecule has 1 heterocycles. The molecule has 0 radical (unpaired) electrons. The molecule has 1 amide bonds. The molecule has 0 aliphatic rings. The van der Waals surface area contributed by atoms with Gasteiger partial charge in [-0.1, -0.05) is 6.07 Å². The Morgan fingerprint density at radius 1 is 1.26 bits per heavy atom. The fraction of sp³-hybridized carbons (Fsp3) is 0.278. The molecule has 0 bridgehead atoms. The lowest BCUT2D eigenvalue weighted by atomic mass is 10.0. The summed E-state index contributed by atoms with van der Waals surface area (Å²) >= 11 is 0. The smallest absolute Gasteiger partial charge is 0.225 e. The number of methoxy groups -OCH3 is 1. The summed E-state index contributed by atoms with van der Waals surface area (Å²) in [4.78, 5) is 28.0. The second kappa shape index (κ2) is 7.54. The molecule has 0 aliphatic carbocycles. The average molecular weight is 312 g/mol. The Morgan fingerprint density at radius 3 is 2.65 bits per heavy atom. The van der Waals surface area contributed by atoms with Crippen LogP contribution in [0.5, 0.6) is 5.75 Å². The lowest BCUT2D eigenvalue weighted by Crippen LogP contribution is -2.28. The minimum atomic E-state index is -0.189.